The summed E-state index contributed by atoms with van der Waals surface area (Å²) in [6.07, 6.45) is 8.60. The van der Waals surface area contributed by atoms with Gasteiger partial charge in [0, 0.05) is 18.4 Å². The van der Waals surface area contributed by atoms with Gasteiger partial charge in [-0.1, -0.05) is 0 Å². The second-order valence-corrected chi connectivity index (χ2v) is 7.09. The van der Waals surface area contributed by atoms with Gasteiger partial charge in [-0.2, -0.15) is 0 Å². The van der Waals surface area contributed by atoms with Crippen LogP contribution in [0.15, 0.2) is 18.5 Å². The van der Waals surface area contributed by atoms with E-state index in [4.69, 9.17) is 4.98 Å². The van der Waals surface area contributed by atoms with E-state index in [1.807, 2.05) is 13.1 Å². The maximum absolute atomic E-state index is 4.78. The summed E-state index contributed by atoms with van der Waals surface area (Å²) in [4.78, 5) is 22.0. The summed E-state index contributed by atoms with van der Waals surface area (Å²) in [5.41, 5.74) is 2.06. The molecular formula is C18H26N6. The Balaban J connectivity index is 1.60. The fourth-order valence-electron chi connectivity index (χ4n) is 4.16. The minimum absolute atomic E-state index is 0.425. The van der Waals surface area contributed by atoms with Crippen LogP contribution in [0.3, 0.4) is 0 Å². The minimum atomic E-state index is 0.425. The van der Waals surface area contributed by atoms with Crippen LogP contribution >= 0.6 is 0 Å². The molecule has 1 N–H and O–H groups in total. The Hall–Kier alpha value is -1.79. The van der Waals surface area contributed by atoms with Crippen molar-refractivity contribution in [3.05, 3.63) is 30.0 Å². The second-order valence-electron chi connectivity index (χ2n) is 7.09. The Kier molecular flexibility index (Phi) is 4.33. The first-order valence-corrected chi connectivity index (χ1v) is 9.00. The zero-order chi connectivity index (χ0) is 16.5. The Bertz CT molecular complexity index is 675. The van der Waals surface area contributed by atoms with Crippen molar-refractivity contribution in [1.29, 1.82) is 0 Å². The summed E-state index contributed by atoms with van der Waals surface area (Å²) in [5, 5.41) is 0. The lowest BCUT2D eigenvalue weighted by molar-refractivity contribution is 0.108. The third-order valence-electron chi connectivity index (χ3n) is 5.39. The molecular weight excluding hydrogens is 300 g/mol. The Morgan fingerprint density at radius 3 is 2.71 bits per heavy atom. The van der Waals surface area contributed by atoms with Crippen molar-refractivity contribution in [2.45, 2.75) is 44.7 Å². The van der Waals surface area contributed by atoms with Crippen LogP contribution in [0.25, 0.3) is 11.5 Å². The molecule has 4 heterocycles. The van der Waals surface area contributed by atoms with Crippen LogP contribution in [0, 0.1) is 6.92 Å². The van der Waals surface area contributed by atoms with Crippen LogP contribution in [0.1, 0.15) is 43.2 Å². The summed E-state index contributed by atoms with van der Waals surface area (Å²) in [6.45, 7) is 5.58. The smallest absolute Gasteiger partial charge is 0.156 e. The first-order chi connectivity index (χ1) is 11.7. The van der Waals surface area contributed by atoms with Gasteiger partial charge < -0.3 is 9.88 Å². The molecule has 0 spiro atoms. The number of hydrogen-bond acceptors (Lipinski definition) is 5. The average Bonchev–Trinajstić information content (AvgIpc) is 3.27. The Labute approximate surface area is 143 Å². The lowest BCUT2D eigenvalue weighted by atomic mass is 10.0. The van der Waals surface area contributed by atoms with Gasteiger partial charge in [-0.3, -0.25) is 4.90 Å². The van der Waals surface area contributed by atoms with Crippen molar-refractivity contribution in [2.75, 3.05) is 26.7 Å². The summed E-state index contributed by atoms with van der Waals surface area (Å²) >= 11 is 0. The predicted molar refractivity (Wildman–Crippen MR) is 93.6 cm³/mol. The number of aryl methyl sites for hydroxylation is 1. The fourth-order valence-corrected chi connectivity index (χ4v) is 4.16. The molecule has 0 amide bonds. The van der Waals surface area contributed by atoms with Crippen molar-refractivity contribution in [1.82, 2.24) is 29.7 Å². The van der Waals surface area contributed by atoms with Gasteiger partial charge in [-0.25, -0.2) is 15.0 Å². The third-order valence-corrected chi connectivity index (χ3v) is 5.39. The molecule has 2 aromatic rings. The van der Waals surface area contributed by atoms with Crippen molar-refractivity contribution >= 4 is 0 Å². The minimum Gasteiger partial charge on any atom is -0.343 e. The summed E-state index contributed by atoms with van der Waals surface area (Å²) in [5.74, 6) is 1.65. The van der Waals surface area contributed by atoms with Crippen LogP contribution in [0.4, 0.5) is 0 Å². The fraction of sp³-hybridized carbons (Fsp3) is 0.611. The molecule has 2 aromatic heterocycles. The van der Waals surface area contributed by atoms with E-state index in [0.29, 0.717) is 12.1 Å². The van der Waals surface area contributed by atoms with Crippen molar-refractivity contribution < 1.29 is 0 Å². The number of aromatic amines is 1. The predicted octanol–water partition coefficient (Wildman–Crippen LogP) is 2.41. The number of nitrogens with one attached hydrogen (secondary N) is 1. The number of aromatic nitrogens is 4. The van der Waals surface area contributed by atoms with E-state index in [1.54, 1.807) is 6.20 Å². The quantitative estimate of drug-likeness (QED) is 0.938. The van der Waals surface area contributed by atoms with E-state index >= 15 is 0 Å². The summed E-state index contributed by atoms with van der Waals surface area (Å²) in [6, 6.07) is 3.24. The van der Waals surface area contributed by atoms with Crippen LogP contribution in [-0.2, 0) is 0 Å². The van der Waals surface area contributed by atoms with E-state index in [1.165, 1.54) is 45.3 Å². The van der Waals surface area contributed by atoms with Gasteiger partial charge in [0.05, 0.1) is 11.7 Å². The van der Waals surface area contributed by atoms with Gasteiger partial charge in [0.1, 0.15) is 11.5 Å². The maximum Gasteiger partial charge on any atom is 0.156 e. The van der Waals surface area contributed by atoms with Crippen molar-refractivity contribution in [3.63, 3.8) is 0 Å². The van der Waals surface area contributed by atoms with Gasteiger partial charge in [0.15, 0.2) is 5.82 Å². The number of nitrogens with zero attached hydrogens (tertiary/aromatic N) is 5. The molecule has 0 aliphatic carbocycles. The highest BCUT2D eigenvalue weighted by Crippen LogP contribution is 2.36. The standard InChI is InChI=1S/C18H26N6/c1-13-21-15(12-16(22-13)18-19-7-8-20-18)17-4-3-9-24(17)14-5-10-23(2)11-6-14/h7-8,12,14,17H,3-6,9-11H2,1-2H3,(H,19,20). The third kappa shape index (κ3) is 3.08. The van der Waals surface area contributed by atoms with Gasteiger partial charge in [-0.05, 0) is 65.4 Å². The van der Waals surface area contributed by atoms with E-state index in [0.717, 1.165) is 23.0 Å². The molecule has 1 atom stereocenters. The van der Waals surface area contributed by atoms with E-state index < -0.39 is 0 Å². The molecule has 4 rings (SSSR count). The zero-order valence-corrected chi connectivity index (χ0v) is 14.6. The molecule has 2 aliphatic rings. The van der Waals surface area contributed by atoms with Crippen LogP contribution in [0.2, 0.25) is 0 Å². The molecule has 2 fully saturated rings. The van der Waals surface area contributed by atoms with Gasteiger partial charge in [-0.15, -0.1) is 0 Å². The zero-order valence-electron chi connectivity index (χ0n) is 14.6. The highest BCUT2D eigenvalue weighted by atomic mass is 15.2. The van der Waals surface area contributed by atoms with Crippen LogP contribution in [-0.4, -0.2) is 62.5 Å². The molecule has 6 heteroatoms. The topological polar surface area (TPSA) is 60.9 Å². The van der Waals surface area contributed by atoms with Gasteiger partial charge in [0.25, 0.3) is 0 Å². The van der Waals surface area contributed by atoms with Crippen LogP contribution < -0.4 is 0 Å². The first-order valence-electron chi connectivity index (χ1n) is 9.00. The van der Waals surface area contributed by atoms with Gasteiger partial charge in [0.2, 0.25) is 0 Å². The monoisotopic (exact) mass is 326 g/mol. The van der Waals surface area contributed by atoms with E-state index in [-0.39, 0.29) is 0 Å². The van der Waals surface area contributed by atoms with E-state index in [9.17, 15) is 0 Å². The Morgan fingerprint density at radius 2 is 1.96 bits per heavy atom. The molecule has 0 saturated carbocycles. The lowest BCUT2D eigenvalue weighted by Crippen LogP contribution is -2.43. The van der Waals surface area contributed by atoms with Crippen LogP contribution in [0.5, 0.6) is 0 Å². The number of hydrogen-bond donors (Lipinski definition) is 1. The average molecular weight is 326 g/mol. The van der Waals surface area contributed by atoms with E-state index in [2.05, 4.69) is 37.9 Å². The number of rotatable bonds is 3. The first kappa shape index (κ1) is 15.7. The van der Waals surface area contributed by atoms with Gasteiger partial charge >= 0.3 is 0 Å². The molecule has 1 unspecified atom stereocenters. The highest BCUT2D eigenvalue weighted by molar-refractivity contribution is 5.49. The number of piperidine rings is 1. The molecule has 24 heavy (non-hydrogen) atoms. The molecule has 2 aliphatic heterocycles. The normalized spacial score (nSPS) is 23.8. The largest absolute Gasteiger partial charge is 0.343 e. The molecule has 0 aromatic carbocycles. The maximum atomic E-state index is 4.78. The van der Waals surface area contributed by atoms with Crippen molar-refractivity contribution in [2.24, 2.45) is 0 Å². The molecule has 2 saturated heterocycles. The summed E-state index contributed by atoms with van der Waals surface area (Å²) in [7, 11) is 2.22. The van der Waals surface area contributed by atoms with Crippen molar-refractivity contribution in [3.8, 4) is 11.5 Å². The molecule has 6 nitrogen and oxygen atoms in total. The molecule has 128 valence electrons. The molecule has 0 bridgehead atoms. The Morgan fingerprint density at radius 1 is 1.12 bits per heavy atom. The SMILES string of the molecule is Cc1nc(-c2ncc[nH]2)cc(C2CCCN2C2CCN(C)CC2)n1. The lowest BCUT2D eigenvalue weighted by Gasteiger charge is -2.38. The summed E-state index contributed by atoms with van der Waals surface area (Å²) < 4.78 is 0. The highest BCUT2D eigenvalue weighted by Gasteiger charge is 2.34. The number of imidazole rings is 1. The number of likely N-dealkylation sites (tertiary alicyclic amines) is 2. The molecule has 0 radical (unpaired) electrons. The number of H-pyrrole nitrogens is 1. The second kappa shape index (κ2) is 6.61.